The fraction of sp³-hybridized carbons (Fsp3) is 1.00. The van der Waals surface area contributed by atoms with Gasteiger partial charge in [-0.3, -0.25) is 4.90 Å². The Morgan fingerprint density at radius 2 is 2.11 bits per heavy atom. The number of nitrogens with one attached hydrogen (secondary N) is 1. The van der Waals surface area contributed by atoms with E-state index >= 15 is 0 Å². The van der Waals surface area contributed by atoms with Crippen molar-refractivity contribution in [2.75, 3.05) is 39.3 Å². The maximum atomic E-state index is 5.90. The molecule has 3 nitrogen and oxygen atoms in total. The van der Waals surface area contributed by atoms with Gasteiger partial charge >= 0.3 is 0 Å². The lowest BCUT2D eigenvalue weighted by Crippen LogP contribution is -2.50. The summed E-state index contributed by atoms with van der Waals surface area (Å²) in [5.74, 6) is 0.850. The molecule has 2 fully saturated rings. The zero-order valence-corrected chi connectivity index (χ0v) is 12.9. The van der Waals surface area contributed by atoms with Gasteiger partial charge in [-0.15, -0.1) is 12.4 Å². The maximum Gasteiger partial charge on any atom is 0.0750 e. The molecule has 0 aromatic carbocycles. The Labute approximate surface area is 118 Å². The van der Waals surface area contributed by atoms with Crippen LogP contribution in [0.15, 0.2) is 0 Å². The second-order valence-electron chi connectivity index (χ2n) is 6.70. The van der Waals surface area contributed by atoms with E-state index < -0.39 is 0 Å². The van der Waals surface area contributed by atoms with Crippen LogP contribution < -0.4 is 5.32 Å². The van der Waals surface area contributed by atoms with Crippen molar-refractivity contribution in [2.45, 2.75) is 39.7 Å². The van der Waals surface area contributed by atoms with Gasteiger partial charge in [-0.05, 0) is 37.3 Å². The molecule has 2 unspecified atom stereocenters. The Kier molecular flexibility index (Phi) is 6.39. The first-order valence-electron chi connectivity index (χ1n) is 7.10. The van der Waals surface area contributed by atoms with Gasteiger partial charge in [0.15, 0.2) is 0 Å². The standard InChI is InChI=1S/C14H28N2O.ClH/c1-14(2,3)13-11-16(7-8-17-13)10-12-5-4-6-15-9-12;/h12-13,15H,4-11H2,1-3H3;1H. The first-order valence-corrected chi connectivity index (χ1v) is 7.10. The average Bonchev–Trinajstić information content (AvgIpc) is 2.29. The average molecular weight is 277 g/mol. The van der Waals surface area contributed by atoms with Crippen LogP contribution >= 0.6 is 12.4 Å². The Morgan fingerprint density at radius 1 is 1.33 bits per heavy atom. The predicted molar refractivity (Wildman–Crippen MR) is 78.5 cm³/mol. The molecule has 2 aliphatic heterocycles. The molecule has 0 amide bonds. The predicted octanol–water partition coefficient (Wildman–Crippen LogP) is 2.15. The molecule has 2 rings (SSSR count). The van der Waals surface area contributed by atoms with E-state index in [1.807, 2.05) is 0 Å². The van der Waals surface area contributed by atoms with Gasteiger partial charge in [-0.1, -0.05) is 20.8 Å². The number of ether oxygens (including phenoxy) is 1. The van der Waals surface area contributed by atoms with Crippen LogP contribution in [0.3, 0.4) is 0 Å². The van der Waals surface area contributed by atoms with E-state index in [0.29, 0.717) is 6.10 Å². The second-order valence-corrected chi connectivity index (χ2v) is 6.70. The third kappa shape index (κ3) is 4.69. The second kappa shape index (κ2) is 7.09. The number of piperidine rings is 1. The highest BCUT2D eigenvalue weighted by molar-refractivity contribution is 5.85. The molecule has 0 saturated carbocycles. The maximum absolute atomic E-state index is 5.90. The summed E-state index contributed by atoms with van der Waals surface area (Å²) in [7, 11) is 0. The van der Waals surface area contributed by atoms with Gasteiger partial charge < -0.3 is 10.1 Å². The first-order chi connectivity index (χ1) is 8.05. The van der Waals surface area contributed by atoms with E-state index in [1.54, 1.807) is 0 Å². The lowest BCUT2D eigenvalue weighted by molar-refractivity contribution is -0.0827. The van der Waals surface area contributed by atoms with E-state index in [4.69, 9.17) is 4.74 Å². The third-order valence-corrected chi connectivity index (χ3v) is 4.03. The number of halogens is 1. The van der Waals surface area contributed by atoms with Crippen LogP contribution in [0.25, 0.3) is 0 Å². The zero-order chi connectivity index (χ0) is 12.3. The Bertz CT molecular complexity index is 236. The smallest absolute Gasteiger partial charge is 0.0750 e. The molecule has 1 N–H and O–H groups in total. The van der Waals surface area contributed by atoms with Crippen molar-refractivity contribution in [2.24, 2.45) is 11.3 Å². The molecule has 108 valence electrons. The zero-order valence-electron chi connectivity index (χ0n) is 12.1. The number of hydrogen-bond donors (Lipinski definition) is 1. The third-order valence-electron chi connectivity index (χ3n) is 4.03. The highest BCUT2D eigenvalue weighted by Gasteiger charge is 2.31. The molecule has 0 radical (unpaired) electrons. The monoisotopic (exact) mass is 276 g/mol. The van der Waals surface area contributed by atoms with Crippen LogP contribution in [0, 0.1) is 11.3 Å². The van der Waals surface area contributed by atoms with Crippen molar-refractivity contribution in [3.63, 3.8) is 0 Å². The minimum atomic E-state index is 0. The highest BCUT2D eigenvalue weighted by atomic mass is 35.5. The van der Waals surface area contributed by atoms with Gasteiger partial charge in [0, 0.05) is 19.6 Å². The van der Waals surface area contributed by atoms with Gasteiger partial charge in [-0.2, -0.15) is 0 Å². The normalized spacial score (nSPS) is 30.8. The molecule has 0 spiro atoms. The molecular weight excluding hydrogens is 248 g/mol. The van der Waals surface area contributed by atoms with E-state index in [0.717, 1.165) is 25.6 Å². The van der Waals surface area contributed by atoms with Crippen molar-refractivity contribution in [1.29, 1.82) is 0 Å². The lowest BCUT2D eigenvalue weighted by atomic mass is 9.87. The topological polar surface area (TPSA) is 24.5 Å². The van der Waals surface area contributed by atoms with Crippen LogP contribution in [0.4, 0.5) is 0 Å². The van der Waals surface area contributed by atoms with Crippen molar-refractivity contribution >= 4 is 12.4 Å². The molecule has 4 heteroatoms. The van der Waals surface area contributed by atoms with Gasteiger partial charge in [0.1, 0.15) is 0 Å². The van der Waals surface area contributed by atoms with Crippen LogP contribution in [0.5, 0.6) is 0 Å². The molecule has 2 aliphatic rings. The van der Waals surface area contributed by atoms with Crippen LogP contribution in [0.1, 0.15) is 33.6 Å². The summed E-state index contributed by atoms with van der Waals surface area (Å²) >= 11 is 0. The first kappa shape index (κ1) is 16.2. The molecule has 0 aromatic rings. The summed E-state index contributed by atoms with van der Waals surface area (Å²) in [5.41, 5.74) is 0.267. The molecule has 2 heterocycles. The molecule has 0 aromatic heterocycles. The van der Waals surface area contributed by atoms with Gasteiger partial charge in [0.25, 0.3) is 0 Å². The number of nitrogens with zero attached hydrogens (tertiary/aromatic N) is 1. The fourth-order valence-corrected chi connectivity index (χ4v) is 2.84. The highest BCUT2D eigenvalue weighted by Crippen LogP contribution is 2.26. The molecule has 0 bridgehead atoms. The summed E-state index contributed by atoms with van der Waals surface area (Å²) in [6.45, 7) is 13.6. The Hall–Kier alpha value is 0.170. The largest absolute Gasteiger partial charge is 0.375 e. The lowest BCUT2D eigenvalue weighted by Gasteiger charge is -2.41. The van der Waals surface area contributed by atoms with Gasteiger partial charge in [0.05, 0.1) is 12.7 Å². The molecule has 0 aliphatic carbocycles. The number of morpholine rings is 1. The van der Waals surface area contributed by atoms with E-state index in [9.17, 15) is 0 Å². The van der Waals surface area contributed by atoms with Crippen LogP contribution in [-0.4, -0.2) is 50.3 Å². The summed E-state index contributed by atoms with van der Waals surface area (Å²) in [5, 5.41) is 3.51. The van der Waals surface area contributed by atoms with Crippen molar-refractivity contribution in [3.05, 3.63) is 0 Å². The molecule has 18 heavy (non-hydrogen) atoms. The Morgan fingerprint density at radius 3 is 2.72 bits per heavy atom. The van der Waals surface area contributed by atoms with Crippen LogP contribution in [0.2, 0.25) is 0 Å². The summed E-state index contributed by atoms with van der Waals surface area (Å²) in [4.78, 5) is 2.61. The van der Waals surface area contributed by atoms with Crippen LogP contribution in [-0.2, 0) is 4.74 Å². The van der Waals surface area contributed by atoms with E-state index in [2.05, 4.69) is 31.0 Å². The van der Waals surface area contributed by atoms with Crippen molar-refractivity contribution in [1.82, 2.24) is 10.2 Å². The number of hydrogen-bond acceptors (Lipinski definition) is 3. The molecule has 2 atom stereocenters. The SMILES string of the molecule is CC(C)(C)C1CN(CC2CCCNC2)CCO1.Cl. The van der Waals surface area contributed by atoms with Crippen molar-refractivity contribution < 1.29 is 4.74 Å². The van der Waals surface area contributed by atoms with E-state index in [1.165, 1.54) is 32.5 Å². The molecular formula is C14H29ClN2O. The van der Waals surface area contributed by atoms with Crippen molar-refractivity contribution in [3.8, 4) is 0 Å². The fourth-order valence-electron chi connectivity index (χ4n) is 2.84. The van der Waals surface area contributed by atoms with Gasteiger partial charge in [0.2, 0.25) is 0 Å². The summed E-state index contributed by atoms with van der Waals surface area (Å²) in [6.07, 6.45) is 3.13. The number of rotatable bonds is 2. The molecule has 2 saturated heterocycles. The Balaban J connectivity index is 0.00000162. The summed E-state index contributed by atoms with van der Waals surface area (Å²) in [6, 6.07) is 0. The summed E-state index contributed by atoms with van der Waals surface area (Å²) < 4.78 is 5.90. The minimum Gasteiger partial charge on any atom is -0.375 e. The van der Waals surface area contributed by atoms with E-state index in [-0.39, 0.29) is 17.8 Å². The van der Waals surface area contributed by atoms with Gasteiger partial charge in [-0.25, -0.2) is 0 Å². The quantitative estimate of drug-likeness (QED) is 0.837. The minimum absolute atomic E-state index is 0.